The summed E-state index contributed by atoms with van der Waals surface area (Å²) in [4.78, 5) is 19.0. The molecule has 0 aliphatic heterocycles. The first-order chi connectivity index (χ1) is 11.2. The summed E-state index contributed by atoms with van der Waals surface area (Å²) in [6.45, 7) is 6.11. The maximum absolute atomic E-state index is 11.2. The molecule has 1 heterocycles. The van der Waals surface area contributed by atoms with Crippen LogP contribution >= 0.6 is 11.3 Å². The molecule has 0 saturated carbocycles. The van der Waals surface area contributed by atoms with Crippen LogP contribution in [0.15, 0.2) is 36.5 Å². The number of thiazole rings is 1. The summed E-state index contributed by atoms with van der Waals surface area (Å²) in [7, 11) is 0. The fraction of sp³-hybridized carbons (Fsp3) is 0.222. The normalized spacial score (nSPS) is 10.9. The van der Waals surface area contributed by atoms with Gasteiger partial charge in [0.1, 0.15) is 5.75 Å². The van der Waals surface area contributed by atoms with Crippen molar-refractivity contribution in [3.63, 3.8) is 0 Å². The van der Waals surface area contributed by atoms with E-state index in [2.05, 4.69) is 23.7 Å². The molecule has 0 aliphatic rings. The molecule has 118 valence electrons. The van der Waals surface area contributed by atoms with E-state index in [0.717, 1.165) is 39.4 Å². The van der Waals surface area contributed by atoms with Gasteiger partial charge in [0.2, 0.25) is 0 Å². The molecule has 0 fully saturated rings. The minimum Gasteiger partial charge on any atom is -0.507 e. The van der Waals surface area contributed by atoms with Crippen molar-refractivity contribution in [2.24, 2.45) is 0 Å². The van der Waals surface area contributed by atoms with Gasteiger partial charge in [-0.05, 0) is 42.3 Å². The molecule has 0 amide bonds. The van der Waals surface area contributed by atoms with Crippen LogP contribution in [0.2, 0.25) is 0 Å². The zero-order chi connectivity index (χ0) is 16.4. The third kappa shape index (κ3) is 2.80. The van der Waals surface area contributed by atoms with Gasteiger partial charge in [0, 0.05) is 19.3 Å². The zero-order valence-corrected chi connectivity index (χ0v) is 13.9. The number of hydrogen-bond donors (Lipinski definition) is 1. The number of aromatic hydroxyl groups is 1. The molecule has 4 nitrogen and oxygen atoms in total. The van der Waals surface area contributed by atoms with Gasteiger partial charge in [-0.15, -0.1) is 0 Å². The van der Waals surface area contributed by atoms with Crippen LogP contribution in [0.4, 0.5) is 5.13 Å². The van der Waals surface area contributed by atoms with Crippen LogP contribution < -0.4 is 4.90 Å². The Labute approximate surface area is 139 Å². The molecular weight excluding hydrogens is 308 g/mol. The summed E-state index contributed by atoms with van der Waals surface area (Å²) in [5.41, 5.74) is 1.40. The van der Waals surface area contributed by atoms with Crippen molar-refractivity contribution in [1.29, 1.82) is 0 Å². The molecule has 23 heavy (non-hydrogen) atoms. The van der Waals surface area contributed by atoms with E-state index in [9.17, 15) is 9.90 Å². The topological polar surface area (TPSA) is 53.4 Å². The molecule has 0 saturated heterocycles. The Morgan fingerprint density at radius 2 is 2.00 bits per heavy atom. The standard InChI is InChI=1S/C18H18N2O2S/c1-3-20(4-2)18-19-10-17(23-18)13-5-7-14-12(9-13)6-8-16(22)15(14)11-21/h5-11,22H,3-4H2,1-2H3. The van der Waals surface area contributed by atoms with Gasteiger partial charge < -0.3 is 10.0 Å². The van der Waals surface area contributed by atoms with Gasteiger partial charge in [-0.1, -0.05) is 29.5 Å². The molecule has 3 rings (SSSR count). The first kappa shape index (κ1) is 15.5. The Bertz CT molecular complexity index is 853. The van der Waals surface area contributed by atoms with Crippen LogP contribution in [0.1, 0.15) is 24.2 Å². The van der Waals surface area contributed by atoms with Gasteiger partial charge in [0.25, 0.3) is 0 Å². The molecule has 3 aromatic rings. The average molecular weight is 326 g/mol. The number of anilines is 1. The number of aromatic nitrogens is 1. The van der Waals surface area contributed by atoms with Gasteiger partial charge in [0.15, 0.2) is 11.4 Å². The van der Waals surface area contributed by atoms with E-state index in [1.807, 2.05) is 30.5 Å². The molecule has 0 radical (unpaired) electrons. The number of fused-ring (bicyclic) bond motifs is 1. The Kier molecular flexibility index (Phi) is 4.30. The predicted octanol–water partition coefficient (Wildman–Crippen LogP) is 4.33. The third-order valence-corrected chi connectivity index (χ3v) is 5.08. The smallest absolute Gasteiger partial charge is 0.185 e. The summed E-state index contributed by atoms with van der Waals surface area (Å²) in [6, 6.07) is 9.26. The maximum Gasteiger partial charge on any atom is 0.185 e. The van der Waals surface area contributed by atoms with Crippen LogP contribution in [-0.2, 0) is 0 Å². The number of carbonyl (C=O) groups is 1. The van der Waals surface area contributed by atoms with Gasteiger partial charge in [-0.25, -0.2) is 4.98 Å². The van der Waals surface area contributed by atoms with Crippen molar-refractivity contribution in [1.82, 2.24) is 4.98 Å². The van der Waals surface area contributed by atoms with E-state index in [-0.39, 0.29) is 5.75 Å². The third-order valence-electron chi connectivity index (χ3n) is 3.97. The molecule has 0 bridgehead atoms. The second-order valence-electron chi connectivity index (χ2n) is 5.23. The van der Waals surface area contributed by atoms with Crippen molar-refractivity contribution >= 4 is 33.5 Å². The first-order valence-corrected chi connectivity index (χ1v) is 8.41. The van der Waals surface area contributed by atoms with Crippen molar-refractivity contribution in [2.75, 3.05) is 18.0 Å². The highest BCUT2D eigenvalue weighted by atomic mass is 32.1. The van der Waals surface area contributed by atoms with E-state index in [1.165, 1.54) is 0 Å². The van der Waals surface area contributed by atoms with E-state index in [1.54, 1.807) is 17.4 Å². The summed E-state index contributed by atoms with van der Waals surface area (Å²) in [6.07, 6.45) is 2.59. The fourth-order valence-electron chi connectivity index (χ4n) is 2.66. The minimum absolute atomic E-state index is 0.0156. The summed E-state index contributed by atoms with van der Waals surface area (Å²) in [5.74, 6) is 0.0156. The highest BCUT2D eigenvalue weighted by Crippen LogP contribution is 2.34. The highest BCUT2D eigenvalue weighted by molar-refractivity contribution is 7.18. The molecule has 5 heteroatoms. The Morgan fingerprint density at radius 1 is 1.22 bits per heavy atom. The highest BCUT2D eigenvalue weighted by Gasteiger charge is 2.11. The van der Waals surface area contributed by atoms with Crippen LogP contribution in [-0.4, -0.2) is 29.5 Å². The van der Waals surface area contributed by atoms with Crippen LogP contribution in [0, 0.1) is 0 Å². The van der Waals surface area contributed by atoms with Crippen molar-refractivity contribution in [3.8, 4) is 16.2 Å². The molecule has 1 N–H and O–H groups in total. The van der Waals surface area contributed by atoms with Gasteiger partial charge in [-0.2, -0.15) is 0 Å². The average Bonchev–Trinajstić information content (AvgIpc) is 3.05. The van der Waals surface area contributed by atoms with E-state index in [0.29, 0.717) is 11.8 Å². The van der Waals surface area contributed by atoms with Crippen molar-refractivity contribution in [3.05, 3.63) is 42.1 Å². The van der Waals surface area contributed by atoms with Gasteiger partial charge in [0.05, 0.1) is 10.4 Å². The molecular formula is C18H18N2O2S. The quantitative estimate of drug-likeness (QED) is 0.709. The zero-order valence-electron chi connectivity index (χ0n) is 13.1. The second kappa shape index (κ2) is 6.38. The number of aldehydes is 1. The lowest BCUT2D eigenvalue weighted by Crippen LogP contribution is -2.21. The Morgan fingerprint density at radius 3 is 2.70 bits per heavy atom. The SMILES string of the molecule is CCN(CC)c1ncc(-c2ccc3c(C=O)c(O)ccc3c2)s1. The second-order valence-corrected chi connectivity index (χ2v) is 6.24. The van der Waals surface area contributed by atoms with Gasteiger partial charge >= 0.3 is 0 Å². The van der Waals surface area contributed by atoms with Crippen LogP contribution in [0.5, 0.6) is 5.75 Å². The number of nitrogens with zero attached hydrogens (tertiary/aromatic N) is 2. The predicted molar refractivity (Wildman–Crippen MR) is 95.7 cm³/mol. The Hall–Kier alpha value is -2.40. The first-order valence-electron chi connectivity index (χ1n) is 7.60. The molecule has 0 spiro atoms. The number of phenols is 1. The lowest BCUT2D eigenvalue weighted by atomic mass is 10.0. The summed E-state index contributed by atoms with van der Waals surface area (Å²) in [5, 5.41) is 12.5. The van der Waals surface area contributed by atoms with Crippen LogP contribution in [0.3, 0.4) is 0 Å². The lowest BCUT2D eigenvalue weighted by Gasteiger charge is -2.16. The number of hydrogen-bond acceptors (Lipinski definition) is 5. The van der Waals surface area contributed by atoms with Gasteiger partial charge in [-0.3, -0.25) is 4.79 Å². The number of benzene rings is 2. The van der Waals surface area contributed by atoms with Crippen LogP contribution in [0.25, 0.3) is 21.2 Å². The number of carbonyl (C=O) groups excluding carboxylic acids is 1. The maximum atomic E-state index is 11.2. The Balaban J connectivity index is 2.04. The van der Waals surface area contributed by atoms with E-state index >= 15 is 0 Å². The van der Waals surface area contributed by atoms with Crippen molar-refractivity contribution < 1.29 is 9.90 Å². The number of rotatable bonds is 5. The fourth-order valence-corrected chi connectivity index (χ4v) is 3.70. The van der Waals surface area contributed by atoms with Crippen molar-refractivity contribution in [2.45, 2.75) is 13.8 Å². The molecule has 1 aromatic heterocycles. The molecule has 0 aliphatic carbocycles. The monoisotopic (exact) mass is 326 g/mol. The number of phenolic OH excluding ortho intramolecular Hbond substituents is 1. The summed E-state index contributed by atoms with van der Waals surface area (Å²) >= 11 is 1.66. The molecule has 2 aromatic carbocycles. The van der Waals surface area contributed by atoms with E-state index in [4.69, 9.17) is 0 Å². The lowest BCUT2D eigenvalue weighted by molar-refractivity contribution is 0.112. The molecule has 0 atom stereocenters. The minimum atomic E-state index is 0.0156. The summed E-state index contributed by atoms with van der Waals surface area (Å²) < 4.78 is 0. The van der Waals surface area contributed by atoms with E-state index < -0.39 is 0 Å². The largest absolute Gasteiger partial charge is 0.507 e. The molecule has 0 unspecified atom stereocenters.